The number of benzene rings is 2. The molecule has 1 N–H and O–H groups in total. The Balaban J connectivity index is 1.70. The van der Waals surface area contributed by atoms with Crippen molar-refractivity contribution in [3.05, 3.63) is 88.6 Å². The van der Waals surface area contributed by atoms with E-state index in [0.717, 1.165) is 11.3 Å². The fraction of sp³-hybridized carbons (Fsp3) is 0.208. The zero-order chi connectivity index (χ0) is 21.8. The first-order valence-corrected chi connectivity index (χ1v) is 11.1. The minimum atomic E-state index is -0.160. The smallest absolute Gasteiger partial charge is 0.266 e. The monoisotopic (exact) mass is 433 g/mol. The molecule has 0 saturated heterocycles. The summed E-state index contributed by atoms with van der Waals surface area (Å²) in [7, 11) is 0. The van der Waals surface area contributed by atoms with E-state index < -0.39 is 0 Å². The third kappa shape index (κ3) is 4.56. The first-order chi connectivity index (χ1) is 15.0. The molecule has 4 rings (SSSR count). The first kappa shape index (κ1) is 20.9. The van der Waals surface area contributed by atoms with E-state index in [9.17, 15) is 9.59 Å². The summed E-state index contributed by atoms with van der Waals surface area (Å²) in [6.45, 7) is 4.50. The average Bonchev–Trinajstić information content (AvgIpc) is 3.30. The molecule has 31 heavy (non-hydrogen) atoms. The van der Waals surface area contributed by atoms with Gasteiger partial charge in [-0.2, -0.15) is 0 Å². The van der Waals surface area contributed by atoms with Crippen molar-refractivity contribution in [3.8, 4) is 5.69 Å². The molecule has 4 aromatic rings. The highest BCUT2D eigenvalue weighted by Crippen LogP contribution is 2.27. The van der Waals surface area contributed by atoms with Crippen molar-refractivity contribution in [2.24, 2.45) is 0 Å². The third-order valence-electron chi connectivity index (χ3n) is 4.92. The van der Waals surface area contributed by atoms with Crippen molar-refractivity contribution in [3.63, 3.8) is 0 Å². The topological polar surface area (TPSA) is 77.1 Å². The summed E-state index contributed by atoms with van der Waals surface area (Å²) in [5.74, 6) is 0.886. The van der Waals surface area contributed by atoms with Crippen LogP contribution in [-0.2, 0) is 11.3 Å². The van der Waals surface area contributed by atoms with Gasteiger partial charge in [-0.05, 0) is 41.8 Å². The number of para-hydroxylation sites is 2. The second kappa shape index (κ2) is 9.22. The van der Waals surface area contributed by atoms with Crippen molar-refractivity contribution in [1.82, 2.24) is 14.9 Å². The summed E-state index contributed by atoms with van der Waals surface area (Å²) < 4.78 is 6.87. The summed E-state index contributed by atoms with van der Waals surface area (Å²) in [6, 6.07) is 18.7. The number of hydrogen-bond acceptors (Lipinski definition) is 5. The molecule has 0 spiro atoms. The minimum absolute atomic E-state index is 0.134. The Bertz CT molecular complexity index is 1260. The van der Waals surface area contributed by atoms with E-state index in [4.69, 9.17) is 9.40 Å². The molecule has 2 aromatic carbocycles. The normalized spacial score (nSPS) is 11.2. The van der Waals surface area contributed by atoms with Crippen LogP contribution in [0.2, 0.25) is 0 Å². The number of nitrogens with one attached hydrogen (secondary N) is 1. The van der Waals surface area contributed by atoms with Gasteiger partial charge in [0.1, 0.15) is 5.76 Å². The van der Waals surface area contributed by atoms with Crippen molar-refractivity contribution in [2.75, 3.05) is 5.75 Å². The summed E-state index contributed by atoms with van der Waals surface area (Å²) in [4.78, 5) is 30.6. The Morgan fingerprint density at radius 1 is 1.10 bits per heavy atom. The summed E-state index contributed by atoms with van der Waals surface area (Å²) in [6.07, 6.45) is 1.57. The third-order valence-corrected chi connectivity index (χ3v) is 5.86. The standard InChI is InChI=1S/C24H23N3O3S/c1-16(2)18-9-4-6-12-21(18)27-23(29)19-10-3-5-11-20(19)26-24(27)31-15-22(28)25-14-17-8-7-13-30-17/h3-13,16H,14-15H2,1-2H3,(H,25,28). The molecular formula is C24H23N3O3S. The quantitative estimate of drug-likeness (QED) is 0.343. The molecule has 2 aromatic heterocycles. The van der Waals surface area contributed by atoms with Gasteiger partial charge in [0.2, 0.25) is 5.91 Å². The van der Waals surface area contributed by atoms with Gasteiger partial charge in [0, 0.05) is 0 Å². The molecule has 7 heteroatoms. The number of carbonyl (C=O) groups is 1. The molecule has 0 atom stereocenters. The minimum Gasteiger partial charge on any atom is -0.467 e. The van der Waals surface area contributed by atoms with Crippen LogP contribution in [0.4, 0.5) is 0 Å². The number of furan rings is 1. The lowest BCUT2D eigenvalue weighted by atomic mass is 10.0. The molecular weight excluding hydrogens is 410 g/mol. The van der Waals surface area contributed by atoms with Crippen LogP contribution >= 0.6 is 11.8 Å². The molecule has 0 radical (unpaired) electrons. The van der Waals surface area contributed by atoms with Crippen LogP contribution in [0.3, 0.4) is 0 Å². The van der Waals surface area contributed by atoms with Gasteiger partial charge in [0.25, 0.3) is 5.56 Å². The Morgan fingerprint density at radius 3 is 2.65 bits per heavy atom. The van der Waals surface area contributed by atoms with Crippen LogP contribution in [0.25, 0.3) is 16.6 Å². The van der Waals surface area contributed by atoms with Crippen LogP contribution in [-0.4, -0.2) is 21.2 Å². The van der Waals surface area contributed by atoms with Gasteiger partial charge < -0.3 is 9.73 Å². The van der Waals surface area contributed by atoms with Crippen LogP contribution in [0.5, 0.6) is 0 Å². The van der Waals surface area contributed by atoms with Gasteiger partial charge in [-0.25, -0.2) is 4.98 Å². The molecule has 6 nitrogen and oxygen atoms in total. The average molecular weight is 434 g/mol. The van der Waals surface area contributed by atoms with Gasteiger partial charge in [-0.3, -0.25) is 14.2 Å². The molecule has 0 aliphatic carbocycles. The Labute approximate surface area is 184 Å². The van der Waals surface area contributed by atoms with Crippen molar-refractivity contribution < 1.29 is 9.21 Å². The number of hydrogen-bond donors (Lipinski definition) is 1. The molecule has 0 aliphatic rings. The highest BCUT2D eigenvalue weighted by molar-refractivity contribution is 7.99. The lowest BCUT2D eigenvalue weighted by Gasteiger charge is -2.18. The molecule has 0 saturated carbocycles. The summed E-state index contributed by atoms with van der Waals surface area (Å²) >= 11 is 1.25. The zero-order valence-corrected chi connectivity index (χ0v) is 18.2. The second-order valence-corrected chi connectivity index (χ2v) is 8.35. The molecule has 0 fully saturated rings. The van der Waals surface area contributed by atoms with E-state index in [2.05, 4.69) is 19.2 Å². The fourth-order valence-corrected chi connectivity index (χ4v) is 4.22. The van der Waals surface area contributed by atoms with Gasteiger partial charge in [0.05, 0.1) is 35.2 Å². The Kier molecular flexibility index (Phi) is 6.23. The Morgan fingerprint density at radius 2 is 1.87 bits per heavy atom. The van der Waals surface area contributed by atoms with Gasteiger partial charge in [0.15, 0.2) is 5.16 Å². The van der Waals surface area contributed by atoms with E-state index in [1.165, 1.54) is 11.8 Å². The SMILES string of the molecule is CC(C)c1ccccc1-n1c(SCC(=O)NCc2ccco2)nc2ccccc2c1=O. The van der Waals surface area contributed by atoms with Gasteiger partial charge >= 0.3 is 0 Å². The van der Waals surface area contributed by atoms with Crippen molar-refractivity contribution in [1.29, 1.82) is 0 Å². The molecule has 1 amide bonds. The second-order valence-electron chi connectivity index (χ2n) is 7.41. The number of fused-ring (bicyclic) bond motifs is 1. The van der Waals surface area contributed by atoms with Crippen LogP contribution < -0.4 is 10.9 Å². The van der Waals surface area contributed by atoms with Crippen LogP contribution in [0.1, 0.15) is 31.1 Å². The number of carbonyl (C=O) groups excluding carboxylic acids is 1. The molecule has 0 bridgehead atoms. The predicted octanol–water partition coefficient (Wildman–Crippen LogP) is 4.51. The van der Waals surface area contributed by atoms with E-state index in [1.807, 2.05) is 42.5 Å². The van der Waals surface area contributed by atoms with E-state index in [-0.39, 0.29) is 23.1 Å². The van der Waals surface area contributed by atoms with Gasteiger partial charge in [-0.1, -0.05) is 55.9 Å². The fourth-order valence-electron chi connectivity index (χ4n) is 3.38. The maximum absolute atomic E-state index is 13.4. The maximum Gasteiger partial charge on any atom is 0.266 e. The highest BCUT2D eigenvalue weighted by atomic mass is 32.2. The maximum atomic E-state index is 13.4. The summed E-state index contributed by atoms with van der Waals surface area (Å²) in [5.41, 5.74) is 2.31. The first-order valence-electron chi connectivity index (χ1n) is 10.1. The predicted molar refractivity (Wildman–Crippen MR) is 123 cm³/mol. The molecule has 2 heterocycles. The molecule has 0 unspecified atom stereocenters. The van der Waals surface area contributed by atoms with Gasteiger partial charge in [-0.15, -0.1) is 0 Å². The number of thioether (sulfide) groups is 1. The van der Waals surface area contributed by atoms with Crippen LogP contribution in [0.15, 0.2) is 81.3 Å². The largest absolute Gasteiger partial charge is 0.467 e. The van der Waals surface area contributed by atoms with E-state index in [1.54, 1.807) is 29.0 Å². The molecule has 158 valence electrons. The lowest BCUT2D eigenvalue weighted by Crippen LogP contribution is -2.26. The van der Waals surface area contributed by atoms with Crippen molar-refractivity contribution >= 4 is 28.6 Å². The van der Waals surface area contributed by atoms with Crippen LogP contribution in [0, 0.1) is 0 Å². The Hall–Kier alpha value is -3.32. The number of aromatic nitrogens is 2. The van der Waals surface area contributed by atoms with E-state index in [0.29, 0.717) is 28.4 Å². The highest BCUT2D eigenvalue weighted by Gasteiger charge is 2.18. The van der Waals surface area contributed by atoms with Crippen molar-refractivity contribution in [2.45, 2.75) is 31.5 Å². The number of rotatable bonds is 7. The van der Waals surface area contributed by atoms with E-state index >= 15 is 0 Å². The number of nitrogens with zero attached hydrogens (tertiary/aromatic N) is 2. The number of amides is 1. The lowest BCUT2D eigenvalue weighted by molar-refractivity contribution is -0.118. The molecule has 0 aliphatic heterocycles. The zero-order valence-electron chi connectivity index (χ0n) is 17.4. The summed E-state index contributed by atoms with van der Waals surface area (Å²) in [5, 5.41) is 3.87.